The number of ether oxygens (including phenoxy) is 4. The Balaban J connectivity index is 1.73. The molecular formula is C19H40N5O8+. The first-order valence-corrected chi connectivity index (χ1v) is 11.1. The number of quaternary nitrogens is 1. The maximum atomic E-state index is 11.0. The van der Waals surface area contributed by atoms with E-state index in [-0.39, 0.29) is 12.7 Å². The van der Waals surface area contributed by atoms with E-state index < -0.39 is 72.9 Å². The van der Waals surface area contributed by atoms with Gasteiger partial charge in [-0.05, 0) is 26.8 Å². The van der Waals surface area contributed by atoms with Crippen LogP contribution in [0.1, 0.15) is 19.8 Å². The third-order valence-corrected chi connectivity index (χ3v) is 6.76. The topological polar surface area (TPSA) is 236 Å². The van der Waals surface area contributed by atoms with Crippen LogP contribution in [0.3, 0.4) is 0 Å². The summed E-state index contributed by atoms with van der Waals surface area (Å²) in [5, 5.41) is 45.6. The van der Waals surface area contributed by atoms with Gasteiger partial charge in [-0.15, -0.1) is 0 Å². The van der Waals surface area contributed by atoms with Gasteiger partial charge in [0, 0.05) is 0 Å². The van der Waals surface area contributed by atoms with Crippen LogP contribution in [0.25, 0.3) is 0 Å². The molecule has 0 aromatic carbocycles. The lowest BCUT2D eigenvalue weighted by Crippen LogP contribution is -2.73. The van der Waals surface area contributed by atoms with Crippen molar-refractivity contribution in [2.24, 2.45) is 17.2 Å². The molecule has 3 aliphatic rings. The zero-order valence-electron chi connectivity index (χ0n) is 18.6. The van der Waals surface area contributed by atoms with E-state index in [1.165, 1.54) is 6.92 Å². The maximum absolute atomic E-state index is 11.0. The van der Waals surface area contributed by atoms with Gasteiger partial charge < -0.3 is 67.6 Å². The van der Waals surface area contributed by atoms with Crippen molar-refractivity contribution in [2.45, 2.75) is 98.7 Å². The van der Waals surface area contributed by atoms with E-state index >= 15 is 0 Å². The fraction of sp³-hybridized carbons (Fsp3) is 1.00. The SMILES string of the molecule is CNC1C(O)C(OC2C(N)C(O)C(N)C(OC3OC(C[NH3+])CCC3N)C2O)OCC1(C)O. The standard InChI is InChI=1S/C19H39N5O8/c1-19(28)6-29-18(13(27)16(19)24-2)32-15-10(23)11(25)9(22)14(12(15)26)31-17-8(21)4-3-7(5-20)30-17/h7-18,24-28H,3-6,20-23H2,1-2H3/p+1. The minimum atomic E-state index is -1.37. The predicted molar refractivity (Wildman–Crippen MR) is 111 cm³/mol. The van der Waals surface area contributed by atoms with Crippen molar-refractivity contribution in [3.8, 4) is 0 Å². The highest BCUT2D eigenvalue weighted by atomic mass is 16.7. The highest BCUT2D eigenvalue weighted by Gasteiger charge is 2.53. The zero-order chi connectivity index (χ0) is 23.8. The summed E-state index contributed by atoms with van der Waals surface area (Å²) in [5.74, 6) is 0. The van der Waals surface area contributed by atoms with Crippen LogP contribution in [-0.2, 0) is 18.9 Å². The number of hydrogen-bond donors (Lipinski definition) is 9. The van der Waals surface area contributed by atoms with Crippen LogP contribution in [0.15, 0.2) is 0 Å². The van der Waals surface area contributed by atoms with E-state index in [9.17, 15) is 20.4 Å². The predicted octanol–water partition coefficient (Wildman–Crippen LogP) is -5.72. The minimum absolute atomic E-state index is 0.127. The number of aliphatic hydroxyl groups is 4. The van der Waals surface area contributed by atoms with Crippen LogP contribution in [0.4, 0.5) is 0 Å². The van der Waals surface area contributed by atoms with E-state index in [1.54, 1.807) is 7.05 Å². The molecule has 13 atom stereocenters. The Morgan fingerprint density at radius 3 is 2.16 bits per heavy atom. The number of hydrogen-bond acceptors (Lipinski definition) is 12. The van der Waals surface area contributed by atoms with Crippen molar-refractivity contribution < 1.29 is 45.1 Å². The van der Waals surface area contributed by atoms with Gasteiger partial charge in [-0.2, -0.15) is 0 Å². The summed E-state index contributed by atoms with van der Waals surface area (Å²) in [4.78, 5) is 0. The minimum Gasteiger partial charge on any atom is -0.390 e. The fourth-order valence-corrected chi connectivity index (χ4v) is 4.72. The van der Waals surface area contributed by atoms with Crippen molar-refractivity contribution in [2.75, 3.05) is 20.2 Å². The Morgan fingerprint density at radius 1 is 1.00 bits per heavy atom. The molecule has 3 fully saturated rings. The Morgan fingerprint density at radius 2 is 1.59 bits per heavy atom. The van der Waals surface area contributed by atoms with E-state index in [1.807, 2.05) is 0 Å². The maximum Gasteiger partial charge on any atom is 0.185 e. The van der Waals surface area contributed by atoms with Crippen LogP contribution >= 0.6 is 0 Å². The van der Waals surface area contributed by atoms with Crippen LogP contribution < -0.4 is 28.3 Å². The summed E-state index contributed by atoms with van der Waals surface area (Å²) in [6.07, 6.45) is -7.00. The molecule has 0 radical (unpaired) electrons. The van der Waals surface area contributed by atoms with Crippen molar-refractivity contribution in [3.05, 3.63) is 0 Å². The second-order valence-electron chi connectivity index (χ2n) is 9.29. The number of nitrogens with one attached hydrogen (secondary N) is 1. The highest BCUT2D eigenvalue weighted by Crippen LogP contribution is 2.31. The molecular weight excluding hydrogens is 426 g/mol. The number of aliphatic hydroxyl groups excluding tert-OH is 3. The average molecular weight is 467 g/mol. The van der Waals surface area contributed by atoms with Gasteiger partial charge in [0.15, 0.2) is 12.6 Å². The molecule has 2 aliphatic heterocycles. The average Bonchev–Trinajstić information content (AvgIpc) is 2.75. The van der Waals surface area contributed by atoms with E-state index in [2.05, 4.69) is 11.1 Å². The summed E-state index contributed by atoms with van der Waals surface area (Å²) < 4.78 is 23.1. The molecule has 0 spiro atoms. The van der Waals surface area contributed by atoms with Gasteiger partial charge in [0.25, 0.3) is 0 Å². The molecule has 0 amide bonds. The smallest absolute Gasteiger partial charge is 0.185 e. The summed E-state index contributed by atoms with van der Waals surface area (Å²) in [6, 6.07) is -3.31. The highest BCUT2D eigenvalue weighted by molar-refractivity contribution is 5.06. The molecule has 13 nitrogen and oxygen atoms in total. The largest absolute Gasteiger partial charge is 0.390 e. The Hall–Kier alpha value is -0.520. The molecule has 32 heavy (non-hydrogen) atoms. The molecule has 1 saturated carbocycles. The first-order valence-electron chi connectivity index (χ1n) is 11.1. The van der Waals surface area contributed by atoms with Crippen LogP contribution in [-0.4, -0.2) is 120 Å². The number of likely N-dealkylation sites (N-methyl/N-ethyl adjacent to an activating group) is 1. The molecule has 14 N–H and O–H groups in total. The summed E-state index contributed by atoms with van der Waals surface area (Å²) >= 11 is 0. The first-order chi connectivity index (χ1) is 15.0. The Bertz CT molecular complexity index is 618. The summed E-state index contributed by atoms with van der Waals surface area (Å²) in [7, 11) is 1.59. The second-order valence-corrected chi connectivity index (χ2v) is 9.29. The van der Waals surface area contributed by atoms with Gasteiger partial charge in [-0.1, -0.05) is 0 Å². The summed E-state index contributed by atoms with van der Waals surface area (Å²) in [5.41, 5.74) is 20.9. The number of rotatable bonds is 6. The van der Waals surface area contributed by atoms with Crippen molar-refractivity contribution >= 4 is 0 Å². The molecule has 0 aromatic heterocycles. The monoisotopic (exact) mass is 466 g/mol. The van der Waals surface area contributed by atoms with Crippen LogP contribution in [0, 0.1) is 0 Å². The van der Waals surface area contributed by atoms with Gasteiger partial charge in [0.1, 0.15) is 42.7 Å². The number of nitrogens with two attached hydrogens (primary N) is 3. The Kier molecular flexibility index (Phi) is 8.48. The van der Waals surface area contributed by atoms with E-state index in [0.29, 0.717) is 13.0 Å². The van der Waals surface area contributed by atoms with E-state index in [0.717, 1.165) is 6.42 Å². The molecule has 13 heteroatoms. The quantitative estimate of drug-likeness (QED) is 0.178. The van der Waals surface area contributed by atoms with Gasteiger partial charge in [-0.3, -0.25) is 0 Å². The lowest BCUT2D eigenvalue weighted by atomic mass is 9.81. The molecule has 13 unspecified atom stereocenters. The van der Waals surface area contributed by atoms with Crippen LogP contribution in [0.5, 0.6) is 0 Å². The molecule has 2 heterocycles. The second kappa shape index (κ2) is 10.4. The van der Waals surface area contributed by atoms with Gasteiger partial charge >= 0.3 is 0 Å². The molecule has 0 aromatic rings. The molecule has 2 saturated heterocycles. The van der Waals surface area contributed by atoms with Crippen molar-refractivity contribution in [3.63, 3.8) is 0 Å². The Labute approximate surface area is 187 Å². The molecule has 0 bridgehead atoms. The zero-order valence-corrected chi connectivity index (χ0v) is 18.6. The lowest BCUT2D eigenvalue weighted by Gasteiger charge is -2.49. The van der Waals surface area contributed by atoms with Crippen molar-refractivity contribution in [1.82, 2.24) is 5.32 Å². The third kappa shape index (κ3) is 5.10. The van der Waals surface area contributed by atoms with Gasteiger partial charge in [0.2, 0.25) is 0 Å². The molecule has 3 rings (SSSR count). The molecule has 1 aliphatic carbocycles. The van der Waals surface area contributed by atoms with Crippen molar-refractivity contribution in [1.29, 1.82) is 0 Å². The fourth-order valence-electron chi connectivity index (χ4n) is 4.72. The first kappa shape index (κ1) is 26.1. The molecule has 188 valence electrons. The summed E-state index contributed by atoms with van der Waals surface area (Å²) in [6.45, 7) is 1.93. The third-order valence-electron chi connectivity index (χ3n) is 6.76. The van der Waals surface area contributed by atoms with Gasteiger partial charge in [-0.25, -0.2) is 0 Å². The lowest BCUT2D eigenvalue weighted by molar-refractivity contribution is -0.399. The van der Waals surface area contributed by atoms with E-state index in [4.69, 9.17) is 36.1 Å². The normalized spacial score (nSPS) is 52.7. The van der Waals surface area contributed by atoms with Crippen LogP contribution in [0.2, 0.25) is 0 Å². The van der Waals surface area contributed by atoms with Gasteiger partial charge in [0.05, 0.1) is 36.9 Å².